The number of hydrogen-bond donors (Lipinski definition) is 0. The summed E-state index contributed by atoms with van der Waals surface area (Å²) < 4.78 is 42.7. The van der Waals surface area contributed by atoms with Crippen LogP contribution in [0.1, 0.15) is 24.8 Å². The van der Waals surface area contributed by atoms with Gasteiger partial charge in [-0.25, -0.2) is 0 Å². The Bertz CT molecular complexity index is 414. The number of esters is 1. The third-order valence-corrected chi connectivity index (χ3v) is 2.83. The molecule has 1 aromatic rings. The first kappa shape index (κ1) is 12.0. The third kappa shape index (κ3) is 2.60. The van der Waals surface area contributed by atoms with Crippen LogP contribution in [0.3, 0.4) is 0 Å². The van der Waals surface area contributed by atoms with Crippen LogP contribution in [0, 0.1) is 0 Å². The highest BCUT2D eigenvalue weighted by Gasteiger charge is 2.49. The molecule has 1 aliphatic rings. The first-order chi connectivity index (χ1) is 7.91. The quantitative estimate of drug-likeness (QED) is 0.747. The fourth-order valence-corrected chi connectivity index (χ4v) is 2.12. The molecule has 5 heteroatoms. The Hall–Kier alpha value is -1.52. The molecule has 0 bridgehead atoms. The Morgan fingerprint density at radius 3 is 2.35 bits per heavy atom. The van der Waals surface area contributed by atoms with Crippen LogP contribution < -0.4 is 0 Å². The summed E-state index contributed by atoms with van der Waals surface area (Å²) in [5.41, 5.74) is -1.13. The van der Waals surface area contributed by atoms with Gasteiger partial charge in [0.15, 0.2) is 0 Å². The highest BCUT2D eigenvalue weighted by Crippen LogP contribution is 2.44. The van der Waals surface area contributed by atoms with E-state index in [0.717, 1.165) is 0 Å². The second-order valence-electron chi connectivity index (χ2n) is 4.13. The van der Waals surface area contributed by atoms with Crippen molar-refractivity contribution in [1.82, 2.24) is 0 Å². The molecule has 0 amide bonds. The van der Waals surface area contributed by atoms with E-state index in [9.17, 15) is 18.0 Å². The van der Waals surface area contributed by atoms with Gasteiger partial charge in [0.1, 0.15) is 5.60 Å². The lowest BCUT2D eigenvalue weighted by molar-refractivity contribution is -0.187. The lowest BCUT2D eigenvalue weighted by atomic mass is 9.87. The minimum atomic E-state index is -4.36. The molecule has 1 fully saturated rings. The maximum atomic E-state index is 12.6. The van der Waals surface area contributed by atoms with Gasteiger partial charge in [-0.1, -0.05) is 30.3 Å². The molecular weight excluding hydrogens is 233 g/mol. The molecule has 1 heterocycles. The summed E-state index contributed by atoms with van der Waals surface area (Å²) in [4.78, 5) is 11.1. The summed E-state index contributed by atoms with van der Waals surface area (Å²) in [5, 5.41) is 0. The van der Waals surface area contributed by atoms with Gasteiger partial charge in [0.05, 0.1) is 6.42 Å². The molecule has 17 heavy (non-hydrogen) atoms. The van der Waals surface area contributed by atoms with E-state index in [4.69, 9.17) is 4.74 Å². The van der Waals surface area contributed by atoms with E-state index in [0.29, 0.717) is 5.56 Å². The van der Waals surface area contributed by atoms with E-state index in [1.54, 1.807) is 30.3 Å². The highest BCUT2D eigenvalue weighted by molar-refractivity contribution is 5.72. The van der Waals surface area contributed by atoms with Crippen molar-refractivity contribution >= 4 is 5.97 Å². The third-order valence-electron chi connectivity index (χ3n) is 2.83. The number of alkyl halides is 3. The minimum absolute atomic E-state index is 0.0327. The topological polar surface area (TPSA) is 26.3 Å². The Morgan fingerprint density at radius 2 is 1.88 bits per heavy atom. The van der Waals surface area contributed by atoms with Crippen LogP contribution in [0.5, 0.6) is 0 Å². The Labute approximate surface area is 96.4 Å². The Morgan fingerprint density at radius 1 is 1.24 bits per heavy atom. The number of benzene rings is 1. The lowest BCUT2D eigenvalue weighted by Gasteiger charge is -2.29. The minimum Gasteiger partial charge on any atom is -0.454 e. The molecule has 2 nitrogen and oxygen atoms in total. The fraction of sp³-hybridized carbons (Fsp3) is 0.417. The van der Waals surface area contributed by atoms with Gasteiger partial charge >= 0.3 is 12.1 Å². The predicted molar refractivity (Wildman–Crippen MR) is 54.1 cm³/mol. The maximum Gasteiger partial charge on any atom is 0.393 e. The van der Waals surface area contributed by atoms with Gasteiger partial charge in [0, 0.05) is 12.8 Å². The zero-order valence-electron chi connectivity index (χ0n) is 8.96. The van der Waals surface area contributed by atoms with Crippen molar-refractivity contribution in [3.05, 3.63) is 35.9 Å². The molecule has 92 valence electrons. The first-order valence-electron chi connectivity index (χ1n) is 5.25. The molecule has 0 N–H and O–H groups in total. The number of hydrogen-bond acceptors (Lipinski definition) is 2. The summed E-state index contributed by atoms with van der Waals surface area (Å²) in [6, 6.07) is 8.11. The van der Waals surface area contributed by atoms with Crippen molar-refractivity contribution in [2.45, 2.75) is 31.0 Å². The van der Waals surface area contributed by atoms with Gasteiger partial charge in [-0.2, -0.15) is 13.2 Å². The van der Waals surface area contributed by atoms with Crippen LogP contribution in [0.15, 0.2) is 30.3 Å². The Balaban J connectivity index is 2.35. The van der Waals surface area contributed by atoms with E-state index < -0.39 is 24.2 Å². The van der Waals surface area contributed by atoms with E-state index in [1.165, 1.54) is 0 Å². The van der Waals surface area contributed by atoms with Crippen molar-refractivity contribution in [3.63, 3.8) is 0 Å². The van der Waals surface area contributed by atoms with Crippen molar-refractivity contribution < 1.29 is 22.7 Å². The number of halogens is 3. The van der Waals surface area contributed by atoms with Gasteiger partial charge in [-0.15, -0.1) is 0 Å². The van der Waals surface area contributed by atoms with Crippen molar-refractivity contribution in [3.8, 4) is 0 Å². The van der Waals surface area contributed by atoms with E-state index in [2.05, 4.69) is 0 Å². The summed E-state index contributed by atoms with van der Waals surface area (Å²) in [7, 11) is 0. The smallest absolute Gasteiger partial charge is 0.393 e. The number of ether oxygens (including phenoxy) is 1. The molecule has 0 aromatic heterocycles. The second kappa shape index (κ2) is 4.05. The molecule has 0 radical (unpaired) electrons. The molecule has 1 aliphatic heterocycles. The summed E-state index contributed by atoms with van der Waals surface area (Å²) in [6.07, 6.45) is -5.38. The molecule has 0 spiro atoms. The van der Waals surface area contributed by atoms with Gasteiger partial charge in [0.25, 0.3) is 0 Å². The SMILES string of the molecule is O=C1CC[C@@](CC(F)(F)F)(c2ccccc2)O1. The average molecular weight is 244 g/mol. The van der Waals surface area contributed by atoms with Crippen LogP contribution in [-0.4, -0.2) is 12.1 Å². The predicted octanol–water partition coefficient (Wildman–Crippen LogP) is 3.17. The van der Waals surface area contributed by atoms with E-state index >= 15 is 0 Å². The molecule has 1 aromatic carbocycles. The summed E-state index contributed by atoms with van der Waals surface area (Å²) in [6.45, 7) is 0. The van der Waals surface area contributed by atoms with Crippen LogP contribution in [0.2, 0.25) is 0 Å². The number of rotatable bonds is 2. The first-order valence-corrected chi connectivity index (χ1v) is 5.25. The molecule has 2 rings (SSSR count). The largest absolute Gasteiger partial charge is 0.454 e. The van der Waals surface area contributed by atoms with Crippen molar-refractivity contribution in [2.24, 2.45) is 0 Å². The highest BCUT2D eigenvalue weighted by atomic mass is 19.4. The molecule has 0 saturated carbocycles. The summed E-state index contributed by atoms with van der Waals surface area (Å²) in [5.74, 6) is -0.571. The van der Waals surface area contributed by atoms with E-state index in [-0.39, 0.29) is 12.8 Å². The van der Waals surface area contributed by atoms with Crippen LogP contribution >= 0.6 is 0 Å². The van der Waals surface area contributed by atoms with Crippen molar-refractivity contribution in [1.29, 1.82) is 0 Å². The van der Waals surface area contributed by atoms with Crippen LogP contribution in [0.4, 0.5) is 13.2 Å². The molecular formula is C12H11F3O2. The molecule has 0 unspecified atom stereocenters. The molecule has 0 aliphatic carbocycles. The normalized spacial score (nSPS) is 24.8. The standard InChI is InChI=1S/C12H11F3O2/c13-12(14,15)8-11(7-6-10(16)17-11)9-4-2-1-3-5-9/h1-5H,6-8H2/t11-/m1/s1. The van der Waals surface area contributed by atoms with E-state index in [1.807, 2.05) is 0 Å². The molecule has 1 saturated heterocycles. The number of cyclic esters (lactones) is 1. The zero-order valence-corrected chi connectivity index (χ0v) is 8.96. The number of carbonyl (C=O) groups is 1. The van der Waals surface area contributed by atoms with Gasteiger partial charge in [-0.3, -0.25) is 4.79 Å². The second-order valence-corrected chi connectivity index (χ2v) is 4.13. The fourth-order valence-electron chi connectivity index (χ4n) is 2.12. The molecule has 1 atom stereocenters. The van der Waals surface area contributed by atoms with Gasteiger partial charge in [-0.05, 0) is 5.56 Å². The van der Waals surface area contributed by atoms with Gasteiger partial charge < -0.3 is 4.74 Å². The van der Waals surface area contributed by atoms with Crippen LogP contribution in [0.25, 0.3) is 0 Å². The summed E-state index contributed by atoms with van der Waals surface area (Å²) >= 11 is 0. The average Bonchev–Trinajstić information content (AvgIpc) is 2.60. The van der Waals surface area contributed by atoms with Gasteiger partial charge in [0.2, 0.25) is 0 Å². The zero-order chi connectivity index (χ0) is 12.5. The van der Waals surface area contributed by atoms with Crippen LogP contribution in [-0.2, 0) is 15.1 Å². The monoisotopic (exact) mass is 244 g/mol. The van der Waals surface area contributed by atoms with Crippen molar-refractivity contribution in [2.75, 3.05) is 0 Å². The Kier molecular flexibility index (Phi) is 2.85. The maximum absolute atomic E-state index is 12.6. The lowest BCUT2D eigenvalue weighted by Crippen LogP contribution is -2.32. The number of carbonyl (C=O) groups excluding carboxylic acids is 1.